The number of halogens is 2. The molecule has 10 heavy (non-hydrogen) atoms. The van der Waals surface area contributed by atoms with Crippen LogP contribution in [0.25, 0.3) is 0 Å². The van der Waals surface area contributed by atoms with Crippen LogP contribution >= 0.6 is 0 Å². The summed E-state index contributed by atoms with van der Waals surface area (Å²) >= 11 is 0. The highest BCUT2D eigenvalue weighted by atomic mass is 19.3. The highest BCUT2D eigenvalue weighted by Gasteiger charge is 2.13. The molecule has 1 aromatic heterocycles. The van der Waals surface area contributed by atoms with Crippen molar-refractivity contribution in [2.45, 2.75) is 6.43 Å². The molecule has 1 N–H and O–H groups in total. The standard InChI is InChI=1S/C5H6F2N2O/c1-9-3(5(6)7)2-4(10)8-9/h2,5H,1H3,(H,8,10). The van der Waals surface area contributed by atoms with E-state index in [0.29, 0.717) is 0 Å². The lowest BCUT2D eigenvalue weighted by molar-refractivity contribution is 0.141. The normalized spacial score (nSPS) is 10.8. The fraction of sp³-hybridized carbons (Fsp3) is 0.400. The second kappa shape index (κ2) is 2.24. The van der Waals surface area contributed by atoms with Crippen LogP contribution in [0.1, 0.15) is 12.1 Å². The third-order valence-corrected chi connectivity index (χ3v) is 1.13. The molecule has 0 radical (unpaired) electrons. The average molecular weight is 148 g/mol. The van der Waals surface area contributed by atoms with Crippen LogP contribution in [-0.2, 0) is 7.05 Å². The minimum atomic E-state index is -2.58. The molecule has 0 saturated carbocycles. The maximum absolute atomic E-state index is 11.9. The van der Waals surface area contributed by atoms with E-state index >= 15 is 0 Å². The molecule has 0 unspecified atom stereocenters. The Morgan fingerprint density at radius 1 is 1.70 bits per heavy atom. The number of hydrogen-bond donors (Lipinski definition) is 1. The first-order valence-electron chi connectivity index (χ1n) is 2.62. The summed E-state index contributed by atoms with van der Waals surface area (Å²) in [5, 5.41) is 11.9. The van der Waals surface area contributed by atoms with Crippen molar-refractivity contribution >= 4 is 0 Å². The molecule has 0 aliphatic heterocycles. The van der Waals surface area contributed by atoms with Gasteiger partial charge in [-0.1, -0.05) is 0 Å². The van der Waals surface area contributed by atoms with Crippen molar-refractivity contribution in [1.82, 2.24) is 9.78 Å². The molecule has 0 aliphatic carbocycles. The molecule has 0 aliphatic rings. The lowest BCUT2D eigenvalue weighted by Crippen LogP contribution is -1.97. The van der Waals surface area contributed by atoms with Crippen molar-refractivity contribution < 1.29 is 13.9 Å². The summed E-state index contributed by atoms with van der Waals surface area (Å²) < 4.78 is 24.7. The Hall–Kier alpha value is -1.13. The summed E-state index contributed by atoms with van der Waals surface area (Å²) in [5.74, 6) is -0.377. The van der Waals surface area contributed by atoms with Gasteiger partial charge in [0.25, 0.3) is 6.43 Å². The van der Waals surface area contributed by atoms with Gasteiger partial charge in [-0.15, -0.1) is 5.10 Å². The number of aryl methyl sites for hydroxylation is 1. The monoisotopic (exact) mass is 148 g/mol. The smallest absolute Gasteiger partial charge is 0.280 e. The van der Waals surface area contributed by atoms with Gasteiger partial charge in [0.1, 0.15) is 5.69 Å². The van der Waals surface area contributed by atoms with E-state index in [1.54, 1.807) is 0 Å². The van der Waals surface area contributed by atoms with E-state index in [0.717, 1.165) is 10.7 Å². The van der Waals surface area contributed by atoms with Crippen molar-refractivity contribution in [1.29, 1.82) is 0 Å². The quantitative estimate of drug-likeness (QED) is 0.646. The zero-order valence-electron chi connectivity index (χ0n) is 5.25. The first kappa shape index (κ1) is 6.98. The summed E-state index contributed by atoms with van der Waals surface area (Å²) in [6.07, 6.45) is -2.58. The van der Waals surface area contributed by atoms with Gasteiger partial charge in [-0.25, -0.2) is 8.78 Å². The minimum absolute atomic E-state index is 0.280. The highest BCUT2D eigenvalue weighted by Crippen LogP contribution is 2.20. The topological polar surface area (TPSA) is 38.0 Å². The van der Waals surface area contributed by atoms with E-state index in [4.69, 9.17) is 5.11 Å². The van der Waals surface area contributed by atoms with Crippen molar-refractivity contribution in [2.75, 3.05) is 0 Å². The van der Waals surface area contributed by atoms with E-state index in [2.05, 4.69) is 5.10 Å². The van der Waals surface area contributed by atoms with E-state index in [1.807, 2.05) is 0 Å². The van der Waals surface area contributed by atoms with Crippen LogP contribution in [0.5, 0.6) is 5.88 Å². The van der Waals surface area contributed by atoms with Gasteiger partial charge in [0.05, 0.1) is 0 Å². The van der Waals surface area contributed by atoms with Gasteiger partial charge in [-0.2, -0.15) is 0 Å². The van der Waals surface area contributed by atoms with E-state index in [9.17, 15) is 8.78 Å². The predicted molar refractivity (Wildman–Crippen MR) is 29.8 cm³/mol. The van der Waals surface area contributed by atoms with Crippen LogP contribution in [0.2, 0.25) is 0 Å². The van der Waals surface area contributed by atoms with Gasteiger partial charge >= 0.3 is 0 Å². The van der Waals surface area contributed by atoms with Crippen LogP contribution in [-0.4, -0.2) is 14.9 Å². The van der Waals surface area contributed by atoms with Gasteiger partial charge in [0.2, 0.25) is 5.88 Å². The maximum Gasteiger partial charge on any atom is 0.280 e. The third kappa shape index (κ3) is 1.07. The molecule has 0 spiro atoms. The molecule has 0 fully saturated rings. The largest absolute Gasteiger partial charge is 0.492 e. The van der Waals surface area contributed by atoms with Gasteiger partial charge in [0.15, 0.2) is 0 Å². The zero-order chi connectivity index (χ0) is 7.72. The molecule has 0 saturated heterocycles. The highest BCUT2D eigenvalue weighted by molar-refractivity contribution is 5.14. The third-order valence-electron chi connectivity index (χ3n) is 1.13. The summed E-state index contributed by atoms with van der Waals surface area (Å²) in [6, 6.07) is 0.935. The minimum Gasteiger partial charge on any atom is -0.492 e. The molecule has 3 nitrogen and oxygen atoms in total. The predicted octanol–water partition coefficient (Wildman–Crippen LogP) is 1.06. The average Bonchev–Trinajstić information content (AvgIpc) is 2.10. The molecule has 5 heteroatoms. The second-order valence-electron chi connectivity index (χ2n) is 1.85. The number of aromatic nitrogens is 2. The number of nitrogens with zero attached hydrogens (tertiary/aromatic N) is 2. The van der Waals surface area contributed by atoms with Gasteiger partial charge in [0, 0.05) is 13.1 Å². The van der Waals surface area contributed by atoms with Crippen LogP contribution in [0, 0.1) is 0 Å². The summed E-state index contributed by atoms with van der Waals surface area (Å²) in [7, 11) is 1.35. The van der Waals surface area contributed by atoms with Crippen LogP contribution in [0.15, 0.2) is 6.07 Å². The van der Waals surface area contributed by atoms with Gasteiger partial charge in [-0.3, -0.25) is 4.68 Å². The van der Waals surface area contributed by atoms with Gasteiger partial charge < -0.3 is 5.11 Å². The van der Waals surface area contributed by atoms with Crippen LogP contribution in [0.4, 0.5) is 8.78 Å². The molecule has 0 atom stereocenters. The molecule has 56 valence electrons. The van der Waals surface area contributed by atoms with E-state index in [-0.39, 0.29) is 11.6 Å². The van der Waals surface area contributed by atoms with Crippen LogP contribution in [0.3, 0.4) is 0 Å². The SMILES string of the molecule is Cn1nc(O)cc1C(F)F. The molecular formula is C5H6F2N2O. The fourth-order valence-corrected chi connectivity index (χ4v) is 0.670. The first-order valence-corrected chi connectivity index (χ1v) is 2.62. The number of alkyl halides is 2. The molecular weight excluding hydrogens is 142 g/mol. The Kier molecular flexibility index (Phi) is 1.57. The Labute approximate surface area is 55.9 Å². The van der Waals surface area contributed by atoms with Gasteiger partial charge in [-0.05, 0) is 0 Å². The van der Waals surface area contributed by atoms with Crippen molar-refractivity contribution in [2.24, 2.45) is 7.05 Å². The van der Waals surface area contributed by atoms with Crippen molar-refractivity contribution in [3.63, 3.8) is 0 Å². The Balaban J connectivity index is 3.03. The summed E-state index contributed by atoms with van der Waals surface area (Å²) in [6.45, 7) is 0. The molecule has 1 aromatic rings. The number of aromatic hydroxyl groups is 1. The Morgan fingerprint density at radius 3 is 2.50 bits per heavy atom. The zero-order valence-corrected chi connectivity index (χ0v) is 5.25. The molecule has 0 amide bonds. The van der Waals surface area contributed by atoms with E-state index < -0.39 is 6.43 Å². The fourth-order valence-electron chi connectivity index (χ4n) is 0.670. The van der Waals surface area contributed by atoms with Crippen molar-refractivity contribution in [3.05, 3.63) is 11.8 Å². The maximum atomic E-state index is 11.9. The molecule has 0 aromatic carbocycles. The molecule has 1 rings (SSSR count). The summed E-state index contributed by atoms with van der Waals surface area (Å²) in [5.41, 5.74) is -0.280. The Bertz CT molecular complexity index is 234. The number of rotatable bonds is 1. The van der Waals surface area contributed by atoms with Crippen LogP contribution < -0.4 is 0 Å². The number of hydrogen-bond acceptors (Lipinski definition) is 2. The molecule has 1 heterocycles. The van der Waals surface area contributed by atoms with Crippen molar-refractivity contribution in [3.8, 4) is 5.88 Å². The summed E-state index contributed by atoms with van der Waals surface area (Å²) in [4.78, 5) is 0. The Morgan fingerprint density at radius 2 is 2.30 bits per heavy atom. The lowest BCUT2D eigenvalue weighted by Gasteiger charge is -1.95. The second-order valence-corrected chi connectivity index (χ2v) is 1.85. The lowest BCUT2D eigenvalue weighted by atomic mass is 10.4. The van der Waals surface area contributed by atoms with E-state index in [1.165, 1.54) is 7.05 Å². The first-order chi connectivity index (χ1) is 4.61. The molecule has 0 bridgehead atoms.